The SMILES string of the molecule is COc1cc2c(cc1N1CCCCC1=O)CN(C(=O)c1c(Sc3c(Cl)cccc3Cl)cc(C(F)(F)Cl)[nH]c1=O)C2CC#N. The zero-order chi connectivity index (χ0) is 31.1. The molecule has 0 saturated carbocycles. The average molecular weight is 668 g/mol. The number of carbonyl (C=O) groups is 2. The third kappa shape index (κ3) is 6.07. The quantitative estimate of drug-likeness (QED) is 0.266. The number of H-pyrrole nitrogens is 1. The summed E-state index contributed by atoms with van der Waals surface area (Å²) in [7, 11) is 1.47. The number of ether oxygens (including phenoxy) is 1. The average Bonchev–Trinajstić information content (AvgIpc) is 3.31. The summed E-state index contributed by atoms with van der Waals surface area (Å²) in [6.45, 7) is 0.500. The number of methoxy groups -OCH3 is 1. The Hall–Kier alpha value is -3.30. The summed E-state index contributed by atoms with van der Waals surface area (Å²) in [5, 5.41) is 6.08. The first-order chi connectivity index (χ1) is 20.4. The maximum absolute atomic E-state index is 14.2. The molecule has 8 nitrogen and oxygen atoms in total. The molecule has 224 valence electrons. The monoisotopic (exact) mass is 666 g/mol. The molecule has 14 heteroatoms. The van der Waals surface area contributed by atoms with Crippen molar-refractivity contribution in [3.63, 3.8) is 0 Å². The van der Waals surface area contributed by atoms with Crippen molar-refractivity contribution in [1.29, 1.82) is 5.26 Å². The molecule has 1 N–H and O–H groups in total. The molecule has 0 spiro atoms. The van der Waals surface area contributed by atoms with E-state index in [-0.39, 0.29) is 38.7 Å². The maximum atomic E-state index is 14.2. The van der Waals surface area contributed by atoms with Crippen LogP contribution in [0.15, 0.2) is 51.0 Å². The van der Waals surface area contributed by atoms with Gasteiger partial charge in [-0.25, -0.2) is 0 Å². The minimum Gasteiger partial charge on any atom is -0.495 e. The van der Waals surface area contributed by atoms with Crippen molar-refractivity contribution in [3.8, 4) is 11.8 Å². The predicted molar refractivity (Wildman–Crippen MR) is 159 cm³/mol. The fraction of sp³-hybridized carbons (Fsp3) is 0.310. The highest BCUT2D eigenvalue weighted by molar-refractivity contribution is 7.99. The van der Waals surface area contributed by atoms with Gasteiger partial charge in [0.1, 0.15) is 17.0 Å². The van der Waals surface area contributed by atoms with Crippen molar-refractivity contribution in [1.82, 2.24) is 9.88 Å². The molecule has 0 bridgehead atoms. The number of anilines is 1. The molecular formula is C29H23Cl3F2N4O4S. The van der Waals surface area contributed by atoms with E-state index >= 15 is 0 Å². The molecule has 1 fully saturated rings. The van der Waals surface area contributed by atoms with E-state index in [0.717, 1.165) is 30.7 Å². The lowest BCUT2D eigenvalue weighted by molar-refractivity contribution is -0.119. The third-order valence-corrected chi connectivity index (χ3v) is 9.57. The maximum Gasteiger partial charge on any atom is 0.362 e. The molecule has 3 heterocycles. The second-order valence-electron chi connectivity index (χ2n) is 9.94. The molecule has 1 aromatic heterocycles. The Labute approximate surface area is 264 Å². The number of rotatable bonds is 7. The second kappa shape index (κ2) is 12.4. The second-order valence-corrected chi connectivity index (χ2v) is 12.3. The van der Waals surface area contributed by atoms with Crippen LogP contribution in [0.3, 0.4) is 0 Å². The normalized spacial score (nSPS) is 16.7. The van der Waals surface area contributed by atoms with Gasteiger partial charge in [-0.05, 0) is 65.9 Å². The topological polar surface area (TPSA) is 106 Å². The number of halogens is 5. The number of nitrogens with zero attached hydrogens (tertiary/aromatic N) is 3. The predicted octanol–water partition coefficient (Wildman–Crippen LogP) is 7.26. The van der Waals surface area contributed by atoms with Crippen LogP contribution >= 0.6 is 46.6 Å². The number of pyridine rings is 1. The van der Waals surface area contributed by atoms with E-state index in [4.69, 9.17) is 39.5 Å². The number of carbonyl (C=O) groups excluding carboxylic acids is 2. The fourth-order valence-electron chi connectivity index (χ4n) is 5.30. The summed E-state index contributed by atoms with van der Waals surface area (Å²) >= 11 is 18.6. The number of aromatic amines is 1. The van der Waals surface area contributed by atoms with Crippen molar-refractivity contribution in [2.45, 2.75) is 53.4 Å². The van der Waals surface area contributed by atoms with Crippen LogP contribution in [0, 0.1) is 11.3 Å². The van der Waals surface area contributed by atoms with Gasteiger partial charge in [0.05, 0.1) is 41.4 Å². The van der Waals surface area contributed by atoms with Gasteiger partial charge in [-0.3, -0.25) is 14.4 Å². The number of benzene rings is 2. The molecule has 5 rings (SSSR count). The minimum absolute atomic E-state index is 0.0106. The Balaban J connectivity index is 1.61. The van der Waals surface area contributed by atoms with E-state index < -0.39 is 34.1 Å². The first kappa shape index (κ1) is 31.1. The molecule has 1 atom stereocenters. The molecule has 43 heavy (non-hydrogen) atoms. The minimum atomic E-state index is -3.94. The highest BCUT2D eigenvalue weighted by atomic mass is 35.5. The zero-order valence-electron chi connectivity index (χ0n) is 22.6. The lowest BCUT2D eigenvalue weighted by Gasteiger charge is -2.28. The van der Waals surface area contributed by atoms with Crippen molar-refractivity contribution >= 4 is 64.1 Å². The van der Waals surface area contributed by atoms with Gasteiger partial charge in [0.25, 0.3) is 11.5 Å². The summed E-state index contributed by atoms with van der Waals surface area (Å²) < 4.78 is 33.9. The summed E-state index contributed by atoms with van der Waals surface area (Å²) in [4.78, 5) is 45.2. The summed E-state index contributed by atoms with van der Waals surface area (Å²) in [5.41, 5.74) is -0.639. The number of amides is 2. The van der Waals surface area contributed by atoms with Gasteiger partial charge in [-0.2, -0.15) is 14.0 Å². The van der Waals surface area contributed by atoms with Crippen LogP contribution in [0.2, 0.25) is 10.0 Å². The Morgan fingerprint density at radius 2 is 1.93 bits per heavy atom. The Morgan fingerprint density at radius 3 is 2.56 bits per heavy atom. The van der Waals surface area contributed by atoms with Crippen molar-refractivity contribution in [3.05, 3.63) is 79.2 Å². The Bertz CT molecular complexity index is 1700. The number of fused-ring (bicyclic) bond motifs is 1. The molecule has 3 aromatic rings. The smallest absolute Gasteiger partial charge is 0.362 e. The van der Waals surface area contributed by atoms with Gasteiger partial charge in [-0.15, -0.1) is 0 Å². The van der Waals surface area contributed by atoms with E-state index in [1.807, 2.05) is 4.98 Å². The van der Waals surface area contributed by atoms with Crippen molar-refractivity contribution < 1.29 is 23.1 Å². The number of hydrogen-bond donors (Lipinski definition) is 1. The molecule has 2 aliphatic rings. The lowest BCUT2D eigenvalue weighted by Crippen LogP contribution is -2.35. The Kier molecular flexibility index (Phi) is 8.95. The van der Waals surface area contributed by atoms with Crippen LogP contribution in [0.5, 0.6) is 5.75 Å². The van der Waals surface area contributed by atoms with Crippen LogP contribution in [0.4, 0.5) is 14.5 Å². The van der Waals surface area contributed by atoms with Gasteiger partial charge in [0, 0.05) is 29.3 Å². The van der Waals surface area contributed by atoms with E-state index in [0.29, 0.717) is 35.5 Å². The summed E-state index contributed by atoms with van der Waals surface area (Å²) in [6, 6.07) is 10.3. The number of alkyl halides is 3. The number of piperidine rings is 1. The number of aromatic nitrogens is 1. The Morgan fingerprint density at radius 1 is 1.21 bits per heavy atom. The van der Waals surface area contributed by atoms with Gasteiger partial charge in [0.15, 0.2) is 0 Å². The van der Waals surface area contributed by atoms with Crippen LogP contribution in [-0.4, -0.2) is 35.4 Å². The zero-order valence-corrected chi connectivity index (χ0v) is 25.6. The van der Waals surface area contributed by atoms with Crippen LogP contribution < -0.4 is 15.2 Å². The lowest BCUT2D eigenvalue weighted by atomic mass is 10.00. The third-order valence-electron chi connectivity index (χ3n) is 7.32. The molecule has 2 amide bonds. The van der Waals surface area contributed by atoms with Crippen molar-refractivity contribution in [2.24, 2.45) is 0 Å². The molecular weight excluding hydrogens is 645 g/mol. The number of nitrogens with one attached hydrogen (secondary N) is 1. The highest BCUT2D eigenvalue weighted by Crippen LogP contribution is 2.45. The van der Waals surface area contributed by atoms with E-state index in [9.17, 15) is 28.4 Å². The van der Waals surface area contributed by atoms with Crippen molar-refractivity contribution in [2.75, 3.05) is 18.6 Å². The van der Waals surface area contributed by atoms with E-state index in [1.54, 1.807) is 23.1 Å². The van der Waals surface area contributed by atoms with E-state index in [1.165, 1.54) is 24.1 Å². The molecule has 2 aliphatic heterocycles. The first-order valence-electron chi connectivity index (χ1n) is 13.1. The van der Waals surface area contributed by atoms with Gasteiger partial charge >= 0.3 is 5.38 Å². The van der Waals surface area contributed by atoms with Gasteiger partial charge < -0.3 is 19.5 Å². The van der Waals surface area contributed by atoms with Gasteiger partial charge in [-0.1, -0.05) is 41.0 Å². The standard InChI is InChI=1S/C29H23Cl3F2N4O4S/c1-42-21-12-16-15(11-20(21)37-10-3-2-7-24(37)39)14-38(19(16)8-9-35)28(41)25-22(13-23(29(32,33)34)36-27(25)40)43-26-17(30)5-4-6-18(26)31/h4-6,11-13,19H,2-3,7-8,10,14H2,1H3,(H,36,40). The summed E-state index contributed by atoms with van der Waals surface area (Å²) in [5.74, 6) is -0.448. The largest absolute Gasteiger partial charge is 0.495 e. The number of hydrogen-bond acceptors (Lipinski definition) is 6. The number of nitriles is 1. The van der Waals surface area contributed by atoms with Crippen LogP contribution in [0.25, 0.3) is 0 Å². The van der Waals surface area contributed by atoms with Crippen LogP contribution in [0.1, 0.15) is 58.9 Å². The molecule has 2 aromatic carbocycles. The highest BCUT2D eigenvalue weighted by Gasteiger charge is 2.39. The first-order valence-corrected chi connectivity index (χ1v) is 15.0. The van der Waals surface area contributed by atoms with E-state index in [2.05, 4.69) is 6.07 Å². The fourth-order valence-corrected chi connectivity index (χ4v) is 7.04. The van der Waals surface area contributed by atoms with Crippen LogP contribution in [-0.2, 0) is 16.7 Å². The molecule has 1 unspecified atom stereocenters. The van der Waals surface area contributed by atoms with Gasteiger partial charge in [0.2, 0.25) is 5.91 Å². The molecule has 1 saturated heterocycles. The molecule has 0 radical (unpaired) electrons. The molecule has 0 aliphatic carbocycles. The summed E-state index contributed by atoms with van der Waals surface area (Å²) in [6.07, 6.45) is 1.89.